The lowest BCUT2D eigenvalue weighted by atomic mass is 10.3. The van der Waals surface area contributed by atoms with Gasteiger partial charge in [0, 0.05) is 0 Å². The fourth-order valence-corrected chi connectivity index (χ4v) is 1.54. The standard InChI is InChI=1S/C5H13N.C4H10O4S.H2O4S/c1-2-3-4-5-6;5-1-3-9(7,8)4-2-6;1-5(2,3)4/h2-6H2,1H3;5-6H,1-4H2;(H2,1,2,3,4). The third-order valence-corrected chi connectivity index (χ3v) is 3.22. The Morgan fingerprint density at radius 3 is 1.40 bits per heavy atom. The number of sulfone groups is 1. The lowest BCUT2D eigenvalue weighted by molar-refractivity contribution is 0.312. The summed E-state index contributed by atoms with van der Waals surface area (Å²) in [4.78, 5) is 0. The Balaban J connectivity index is -0.000000230. The maximum Gasteiger partial charge on any atom is 0.394 e. The number of hydrogen-bond acceptors (Lipinski definition) is 7. The second-order valence-electron chi connectivity index (χ2n) is 3.54. The molecule has 0 aromatic carbocycles. The fraction of sp³-hybridized carbons (Fsp3) is 1.00. The molecule has 0 aliphatic heterocycles. The van der Waals surface area contributed by atoms with E-state index in [4.69, 9.17) is 33.5 Å². The monoisotopic (exact) mass is 339 g/mol. The van der Waals surface area contributed by atoms with Crippen LogP contribution in [0.15, 0.2) is 0 Å². The molecule has 9 nitrogen and oxygen atoms in total. The first-order valence-electron chi connectivity index (χ1n) is 5.86. The van der Waals surface area contributed by atoms with Crippen LogP contribution in [-0.4, -0.2) is 67.4 Å². The van der Waals surface area contributed by atoms with Crippen molar-refractivity contribution in [2.45, 2.75) is 26.2 Å². The van der Waals surface area contributed by atoms with Crippen molar-refractivity contribution < 1.29 is 36.2 Å². The topological polar surface area (TPSA) is 175 Å². The molecular formula is C9H25NO8S2. The average Bonchev–Trinajstić information content (AvgIpc) is 2.24. The molecule has 0 aliphatic carbocycles. The second kappa shape index (κ2) is 15.1. The van der Waals surface area contributed by atoms with Gasteiger partial charge in [-0.3, -0.25) is 9.11 Å². The smallest absolute Gasteiger partial charge is 0.394 e. The van der Waals surface area contributed by atoms with Gasteiger partial charge in [-0.1, -0.05) is 19.8 Å². The van der Waals surface area contributed by atoms with Gasteiger partial charge in [-0.2, -0.15) is 8.42 Å². The largest absolute Gasteiger partial charge is 0.395 e. The second-order valence-corrected chi connectivity index (χ2v) is 6.74. The molecule has 0 saturated heterocycles. The minimum absolute atomic E-state index is 0.256. The van der Waals surface area contributed by atoms with E-state index < -0.39 is 20.2 Å². The minimum Gasteiger partial charge on any atom is -0.395 e. The first-order valence-corrected chi connectivity index (χ1v) is 9.08. The van der Waals surface area contributed by atoms with Crippen molar-refractivity contribution in [2.24, 2.45) is 5.73 Å². The van der Waals surface area contributed by atoms with Crippen LogP contribution in [0.3, 0.4) is 0 Å². The average molecular weight is 339 g/mol. The Hall–Kier alpha value is -0.300. The summed E-state index contributed by atoms with van der Waals surface area (Å²) < 4.78 is 52.6. The Morgan fingerprint density at radius 2 is 1.25 bits per heavy atom. The van der Waals surface area contributed by atoms with Gasteiger partial charge in [-0.15, -0.1) is 0 Å². The molecule has 126 valence electrons. The van der Waals surface area contributed by atoms with Crippen LogP contribution in [0.5, 0.6) is 0 Å². The summed E-state index contributed by atoms with van der Waals surface area (Å²) in [5.74, 6) is -0.513. The van der Waals surface area contributed by atoms with Crippen molar-refractivity contribution in [2.75, 3.05) is 31.3 Å². The number of hydrogen-bond donors (Lipinski definition) is 5. The maximum atomic E-state index is 10.5. The first kappa shape index (κ1) is 24.7. The molecule has 0 saturated carbocycles. The lowest BCUT2D eigenvalue weighted by Crippen LogP contribution is -2.15. The van der Waals surface area contributed by atoms with Gasteiger partial charge < -0.3 is 15.9 Å². The van der Waals surface area contributed by atoms with E-state index in [2.05, 4.69) is 6.92 Å². The van der Waals surface area contributed by atoms with Gasteiger partial charge in [0.2, 0.25) is 0 Å². The molecule has 20 heavy (non-hydrogen) atoms. The number of rotatable bonds is 7. The third-order valence-electron chi connectivity index (χ3n) is 1.61. The van der Waals surface area contributed by atoms with Crippen LogP contribution in [0.2, 0.25) is 0 Å². The Bertz CT molecular complexity index is 355. The molecule has 0 heterocycles. The van der Waals surface area contributed by atoms with Crippen molar-refractivity contribution in [1.82, 2.24) is 0 Å². The summed E-state index contributed by atoms with van der Waals surface area (Å²) >= 11 is 0. The van der Waals surface area contributed by atoms with Crippen molar-refractivity contribution in [3.63, 3.8) is 0 Å². The van der Waals surface area contributed by atoms with Gasteiger partial charge in [-0.25, -0.2) is 8.42 Å². The highest BCUT2D eigenvalue weighted by atomic mass is 32.3. The van der Waals surface area contributed by atoms with E-state index in [-0.39, 0.29) is 24.7 Å². The normalized spacial score (nSPS) is 10.9. The van der Waals surface area contributed by atoms with Gasteiger partial charge >= 0.3 is 10.4 Å². The Labute approximate surface area is 120 Å². The van der Waals surface area contributed by atoms with Crippen LogP contribution in [0.4, 0.5) is 0 Å². The highest BCUT2D eigenvalue weighted by molar-refractivity contribution is 7.91. The van der Waals surface area contributed by atoms with Crippen LogP contribution in [0.1, 0.15) is 26.2 Å². The van der Waals surface area contributed by atoms with Crippen molar-refractivity contribution >= 4 is 20.2 Å². The van der Waals surface area contributed by atoms with Crippen LogP contribution in [0, 0.1) is 0 Å². The van der Waals surface area contributed by atoms with Crippen molar-refractivity contribution in [1.29, 1.82) is 0 Å². The van der Waals surface area contributed by atoms with Gasteiger partial charge in [0.1, 0.15) is 0 Å². The molecule has 0 fully saturated rings. The molecule has 0 aliphatic rings. The summed E-state index contributed by atoms with van der Waals surface area (Å²) in [6.45, 7) is 2.29. The van der Waals surface area contributed by atoms with E-state index in [1.807, 2.05) is 0 Å². The van der Waals surface area contributed by atoms with E-state index in [0.717, 1.165) is 6.54 Å². The third kappa shape index (κ3) is 43.1. The molecule has 0 bridgehead atoms. The zero-order chi connectivity index (χ0) is 16.7. The highest BCUT2D eigenvalue weighted by Crippen LogP contribution is 1.88. The molecule has 11 heteroatoms. The zero-order valence-electron chi connectivity index (χ0n) is 11.5. The molecule has 0 aromatic heterocycles. The zero-order valence-corrected chi connectivity index (χ0v) is 13.1. The number of unbranched alkanes of at least 4 members (excludes halogenated alkanes) is 2. The Morgan fingerprint density at radius 1 is 0.900 bits per heavy atom. The van der Waals surface area contributed by atoms with E-state index in [9.17, 15) is 8.42 Å². The summed E-state index contributed by atoms with van der Waals surface area (Å²) in [6.07, 6.45) is 3.75. The molecule has 0 spiro atoms. The van der Waals surface area contributed by atoms with Gasteiger partial charge in [0.05, 0.1) is 24.7 Å². The summed E-state index contributed by atoms with van der Waals surface area (Å²) in [6, 6.07) is 0. The number of nitrogens with two attached hydrogens (primary N) is 1. The van der Waals surface area contributed by atoms with Gasteiger partial charge in [-0.05, 0) is 13.0 Å². The molecule has 0 rings (SSSR count). The summed E-state index contributed by atoms with van der Waals surface area (Å²) in [5, 5.41) is 16.3. The van der Waals surface area contributed by atoms with Gasteiger partial charge in [0.25, 0.3) is 0 Å². The minimum atomic E-state index is -4.67. The summed E-state index contributed by atoms with van der Waals surface area (Å²) in [5.41, 5.74) is 5.21. The van der Waals surface area contributed by atoms with Crippen LogP contribution >= 0.6 is 0 Å². The predicted octanol–water partition coefficient (Wildman–Crippen LogP) is -1.13. The van der Waals surface area contributed by atoms with Crippen molar-refractivity contribution in [3.05, 3.63) is 0 Å². The summed E-state index contributed by atoms with van der Waals surface area (Å²) in [7, 11) is -7.85. The maximum absolute atomic E-state index is 10.5. The number of aliphatic hydroxyl groups is 2. The van der Waals surface area contributed by atoms with E-state index in [1.54, 1.807) is 0 Å². The SMILES string of the molecule is CCCCCN.O=S(=O)(CCO)CCO.O=S(=O)(O)O. The molecule has 0 amide bonds. The van der Waals surface area contributed by atoms with Gasteiger partial charge in [0.15, 0.2) is 9.84 Å². The van der Waals surface area contributed by atoms with Crippen LogP contribution in [-0.2, 0) is 20.2 Å². The Kier molecular flexibility index (Phi) is 18.6. The van der Waals surface area contributed by atoms with Crippen LogP contribution in [0.25, 0.3) is 0 Å². The molecule has 6 N–H and O–H groups in total. The molecule has 0 aromatic rings. The molecule has 0 unspecified atom stereocenters. The fourth-order valence-electron chi connectivity index (χ4n) is 0.775. The quantitative estimate of drug-likeness (QED) is 0.284. The van der Waals surface area contributed by atoms with E-state index in [1.165, 1.54) is 19.3 Å². The molecule has 0 atom stereocenters. The van der Waals surface area contributed by atoms with Crippen molar-refractivity contribution in [3.8, 4) is 0 Å². The molecule has 0 radical (unpaired) electrons. The number of aliphatic hydroxyl groups excluding tert-OH is 2. The highest BCUT2D eigenvalue weighted by Gasteiger charge is 2.06. The molecular weight excluding hydrogens is 314 g/mol. The first-order chi connectivity index (χ1) is 9.04. The lowest BCUT2D eigenvalue weighted by Gasteiger charge is -1.96. The van der Waals surface area contributed by atoms with E-state index >= 15 is 0 Å². The van der Waals surface area contributed by atoms with Crippen LogP contribution < -0.4 is 5.73 Å². The van der Waals surface area contributed by atoms with E-state index in [0.29, 0.717) is 0 Å². The predicted molar refractivity (Wildman–Crippen MR) is 75.6 cm³/mol.